The first kappa shape index (κ1) is 12.9. The molecule has 3 nitrogen and oxygen atoms in total. The molecule has 3 heteroatoms. The molecule has 1 heterocycles. The van der Waals surface area contributed by atoms with Crippen molar-refractivity contribution in [2.75, 3.05) is 6.61 Å². The molecule has 0 spiro atoms. The highest BCUT2D eigenvalue weighted by atomic mass is 16.5. The van der Waals surface area contributed by atoms with E-state index >= 15 is 0 Å². The van der Waals surface area contributed by atoms with Crippen molar-refractivity contribution in [3.05, 3.63) is 29.8 Å². The Labute approximate surface area is 108 Å². The number of hydrogen-bond donors (Lipinski definition) is 1. The summed E-state index contributed by atoms with van der Waals surface area (Å²) < 4.78 is 5.57. The van der Waals surface area contributed by atoms with E-state index in [-0.39, 0.29) is 0 Å². The monoisotopic (exact) mass is 245 g/mol. The van der Waals surface area contributed by atoms with Crippen molar-refractivity contribution in [1.82, 2.24) is 0 Å². The van der Waals surface area contributed by atoms with Gasteiger partial charge in [-0.3, -0.25) is 0 Å². The van der Waals surface area contributed by atoms with Crippen LogP contribution in [-0.4, -0.2) is 17.8 Å². The Hall–Kier alpha value is -1.53. The Morgan fingerprint density at radius 1 is 1.44 bits per heavy atom. The summed E-state index contributed by atoms with van der Waals surface area (Å²) in [5.41, 5.74) is 0.00551. The van der Waals surface area contributed by atoms with Gasteiger partial charge in [0.05, 0.1) is 18.8 Å². The van der Waals surface area contributed by atoms with Crippen molar-refractivity contribution >= 4 is 0 Å². The number of aliphatic hydroxyl groups is 1. The number of ether oxygens (including phenoxy) is 1. The molecule has 2 atom stereocenters. The highest BCUT2D eigenvalue weighted by molar-refractivity contribution is 5.46. The minimum atomic E-state index is -0.820. The molecule has 1 aliphatic rings. The van der Waals surface area contributed by atoms with Gasteiger partial charge >= 0.3 is 0 Å². The number of hydrogen-bond acceptors (Lipinski definition) is 3. The molecule has 1 N–H and O–H groups in total. The molecule has 0 saturated heterocycles. The zero-order chi connectivity index (χ0) is 13.2. The Kier molecular flexibility index (Phi) is 3.58. The lowest BCUT2D eigenvalue weighted by Crippen LogP contribution is -2.43. The van der Waals surface area contributed by atoms with Crippen LogP contribution < -0.4 is 4.74 Å². The van der Waals surface area contributed by atoms with Crippen LogP contribution in [0.5, 0.6) is 5.75 Å². The summed E-state index contributed by atoms with van der Waals surface area (Å²) in [4.78, 5) is 0. The molecule has 1 aliphatic heterocycles. The van der Waals surface area contributed by atoms with Crippen molar-refractivity contribution in [2.45, 2.75) is 38.2 Å². The van der Waals surface area contributed by atoms with Crippen LogP contribution in [0.15, 0.2) is 24.3 Å². The molecule has 0 amide bonds. The number of nitriles is 1. The van der Waals surface area contributed by atoms with E-state index < -0.39 is 11.5 Å². The molecule has 0 fully saturated rings. The van der Waals surface area contributed by atoms with E-state index in [2.05, 4.69) is 19.9 Å². The van der Waals surface area contributed by atoms with Crippen molar-refractivity contribution in [2.24, 2.45) is 5.92 Å². The molecule has 0 bridgehead atoms. The van der Waals surface area contributed by atoms with Crippen molar-refractivity contribution in [3.63, 3.8) is 0 Å². The van der Waals surface area contributed by atoms with Gasteiger partial charge in [-0.15, -0.1) is 0 Å². The van der Waals surface area contributed by atoms with Crippen LogP contribution in [0, 0.1) is 17.2 Å². The van der Waals surface area contributed by atoms with Crippen molar-refractivity contribution in [3.8, 4) is 11.8 Å². The maximum absolute atomic E-state index is 10.5. The standard InChI is InChI=1S/C15H19NO2/c1-11(2)9-14(17)15(10-16)7-8-18-13-6-4-3-5-12(13)15/h3-6,11,14,17H,7-9H2,1-2H3. The topological polar surface area (TPSA) is 53.2 Å². The van der Waals surface area contributed by atoms with Gasteiger partial charge in [-0.2, -0.15) is 5.26 Å². The van der Waals surface area contributed by atoms with Gasteiger partial charge in [0.2, 0.25) is 0 Å². The second kappa shape index (κ2) is 4.99. The molecule has 0 saturated carbocycles. The third kappa shape index (κ3) is 2.09. The van der Waals surface area contributed by atoms with E-state index in [0.29, 0.717) is 25.4 Å². The zero-order valence-corrected chi connectivity index (χ0v) is 10.9. The number of rotatable bonds is 3. The average molecular weight is 245 g/mol. The molecule has 0 radical (unpaired) electrons. The van der Waals surface area contributed by atoms with Crippen LogP contribution in [0.1, 0.15) is 32.3 Å². The lowest BCUT2D eigenvalue weighted by molar-refractivity contribution is 0.0639. The summed E-state index contributed by atoms with van der Waals surface area (Å²) in [5.74, 6) is 1.09. The van der Waals surface area contributed by atoms with E-state index in [9.17, 15) is 10.4 Å². The molecule has 2 unspecified atom stereocenters. The van der Waals surface area contributed by atoms with Gasteiger partial charge in [-0.05, 0) is 18.4 Å². The van der Waals surface area contributed by atoms with Gasteiger partial charge in [0, 0.05) is 12.0 Å². The Bertz CT molecular complexity index is 464. The molecular weight excluding hydrogens is 226 g/mol. The summed E-state index contributed by atoms with van der Waals surface area (Å²) in [5, 5.41) is 20.1. The minimum Gasteiger partial charge on any atom is -0.493 e. The first-order valence-electron chi connectivity index (χ1n) is 6.42. The first-order valence-corrected chi connectivity index (χ1v) is 6.42. The van der Waals surface area contributed by atoms with Crippen LogP contribution in [0.2, 0.25) is 0 Å². The highest BCUT2D eigenvalue weighted by Gasteiger charge is 2.44. The van der Waals surface area contributed by atoms with Gasteiger partial charge in [0.1, 0.15) is 11.2 Å². The largest absolute Gasteiger partial charge is 0.493 e. The van der Waals surface area contributed by atoms with Crippen LogP contribution >= 0.6 is 0 Å². The maximum Gasteiger partial charge on any atom is 0.124 e. The van der Waals surface area contributed by atoms with E-state index in [4.69, 9.17) is 4.74 Å². The van der Waals surface area contributed by atoms with Gasteiger partial charge in [-0.25, -0.2) is 0 Å². The molecule has 18 heavy (non-hydrogen) atoms. The van der Waals surface area contributed by atoms with E-state index in [1.165, 1.54) is 0 Å². The summed E-state index contributed by atoms with van der Waals surface area (Å²) in [7, 11) is 0. The Morgan fingerprint density at radius 3 is 2.83 bits per heavy atom. The summed E-state index contributed by atoms with van der Waals surface area (Å²) in [6.07, 6.45) is 0.531. The predicted octanol–water partition coefficient (Wildman–Crippen LogP) is 2.64. The number of para-hydroxylation sites is 1. The number of nitrogens with zero attached hydrogens (tertiary/aromatic N) is 1. The Morgan fingerprint density at radius 2 is 2.17 bits per heavy atom. The van der Waals surface area contributed by atoms with Crippen molar-refractivity contribution < 1.29 is 9.84 Å². The maximum atomic E-state index is 10.5. The molecule has 0 aromatic heterocycles. The minimum absolute atomic E-state index is 0.361. The molecule has 1 aromatic carbocycles. The number of benzene rings is 1. The average Bonchev–Trinajstić information content (AvgIpc) is 2.37. The smallest absolute Gasteiger partial charge is 0.124 e. The van der Waals surface area contributed by atoms with Crippen molar-refractivity contribution in [1.29, 1.82) is 5.26 Å². The fourth-order valence-electron chi connectivity index (χ4n) is 2.60. The molecule has 96 valence electrons. The fourth-order valence-corrected chi connectivity index (χ4v) is 2.60. The first-order chi connectivity index (χ1) is 8.60. The van der Waals surface area contributed by atoms with Crippen LogP contribution in [0.4, 0.5) is 0 Å². The SMILES string of the molecule is CC(C)CC(O)C1(C#N)CCOc2ccccc21. The number of aliphatic hydroxyl groups excluding tert-OH is 1. The summed E-state index contributed by atoms with van der Waals surface area (Å²) in [6, 6.07) is 9.88. The second-order valence-electron chi connectivity index (χ2n) is 5.32. The van der Waals surface area contributed by atoms with Gasteiger partial charge in [-0.1, -0.05) is 32.0 Å². The summed E-state index contributed by atoms with van der Waals surface area (Å²) >= 11 is 0. The lowest BCUT2D eigenvalue weighted by atomic mass is 9.71. The van der Waals surface area contributed by atoms with E-state index in [1.807, 2.05) is 24.3 Å². The lowest BCUT2D eigenvalue weighted by Gasteiger charge is -2.37. The molecule has 0 aliphatic carbocycles. The Balaban J connectivity index is 2.43. The van der Waals surface area contributed by atoms with Gasteiger partial charge in [0.25, 0.3) is 0 Å². The van der Waals surface area contributed by atoms with E-state index in [0.717, 1.165) is 11.3 Å². The third-order valence-electron chi connectivity index (χ3n) is 3.58. The number of fused-ring (bicyclic) bond motifs is 1. The quantitative estimate of drug-likeness (QED) is 0.890. The molecule has 1 aromatic rings. The van der Waals surface area contributed by atoms with Crippen LogP contribution in [0.3, 0.4) is 0 Å². The van der Waals surface area contributed by atoms with Gasteiger partial charge < -0.3 is 9.84 Å². The zero-order valence-electron chi connectivity index (χ0n) is 10.9. The van der Waals surface area contributed by atoms with Crippen LogP contribution in [-0.2, 0) is 5.41 Å². The molecule has 2 rings (SSSR count). The highest BCUT2D eigenvalue weighted by Crippen LogP contribution is 2.42. The van der Waals surface area contributed by atoms with Gasteiger partial charge in [0.15, 0.2) is 0 Å². The third-order valence-corrected chi connectivity index (χ3v) is 3.58. The predicted molar refractivity (Wildman–Crippen MR) is 69.3 cm³/mol. The second-order valence-corrected chi connectivity index (χ2v) is 5.32. The fraction of sp³-hybridized carbons (Fsp3) is 0.533. The van der Waals surface area contributed by atoms with E-state index in [1.54, 1.807) is 0 Å². The van der Waals surface area contributed by atoms with Crippen LogP contribution in [0.25, 0.3) is 0 Å². The summed E-state index contributed by atoms with van der Waals surface area (Å²) in [6.45, 7) is 4.60. The normalized spacial score (nSPS) is 23.9. The molecular formula is C15H19NO2.